The Kier molecular flexibility index (Phi) is 2.90. The van der Waals surface area contributed by atoms with Crippen molar-refractivity contribution in [3.63, 3.8) is 0 Å². The summed E-state index contributed by atoms with van der Waals surface area (Å²) in [5.41, 5.74) is 6.45. The number of rotatable bonds is 1. The summed E-state index contributed by atoms with van der Waals surface area (Å²) in [6, 6.07) is 11.8. The summed E-state index contributed by atoms with van der Waals surface area (Å²) in [5, 5.41) is 2.90. The molecule has 1 heterocycles. The number of nitrogens with one attached hydrogen (secondary N) is 1. The molecule has 3 heteroatoms. The first-order chi connectivity index (χ1) is 9.58. The third-order valence-electron chi connectivity index (χ3n) is 3.79. The zero-order chi connectivity index (χ0) is 14.3. The predicted molar refractivity (Wildman–Crippen MR) is 81.9 cm³/mol. The van der Waals surface area contributed by atoms with Crippen molar-refractivity contribution < 1.29 is 4.79 Å². The van der Waals surface area contributed by atoms with Crippen molar-refractivity contribution >= 4 is 23.0 Å². The lowest BCUT2D eigenvalue weighted by Crippen LogP contribution is -2.14. The van der Waals surface area contributed by atoms with Gasteiger partial charge in [-0.25, -0.2) is 4.99 Å². The lowest BCUT2D eigenvalue weighted by molar-refractivity contribution is -0.110. The van der Waals surface area contributed by atoms with Crippen LogP contribution < -0.4 is 5.32 Å². The second-order valence-electron chi connectivity index (χ2n) is 5.13. The van der Waals surface area contributed by atoms with Crippen molar-refractivity contribution in [2.45, 2.75) is 20.8 Å². The van der Waals surface area contributed by atoms with Crippen LogP contribution in [0.5, 0.6) is 0 Å². The van der Waals surface area contributed by atoms with Crippen LogP contribution >= 0.6 is 0 Å². The number of aryl methyl sites for hydroxylation is 2. The zero-order valence-corrected chi connectivity index (χ0v) is 11.8. The minimum atomic E-state index is -0.129. The van der Waals surface area contributed by atoms with Crippen LogP contribution in [0.2, 0.25) is 0 Å². The summed E-state index contributed by atoms with van der Waals surface area (Å²) >= 11 is 0. The van der Waals surface area contributed by atoms with Gasteiger partial charge in [-0.05, 0) is 43.5 Å². The number of aliphatic imine (C=N–C) groups is 1. The van der Waals surface area contributed by atoms with E-state index in [1.165, 1.54) is 5.56 Å². The van der Waals surface area contributed by atoms with E-state index in [2.05, 4.69) is 10.3 Å². The van der Waals surface area contributed by atoms with Crippen molar-refractivity contribution in [1.29, 1.82) is 0 Å². The highest BCUT2D eigenvalue weighted by atomic mass is 16.2. The van der Waals surface area contributed by atoms with Crippen molar-refractivity contribution in [1.82, 2.24) is 0 Å². The van der Waals surface area contributed by atoms with Gasteiger partial charge in [-0.1, -0.05) is 30.3 Å². The molecular formula is C17H16N2O. The number of nitrogens with zero attached hydrogens (tertiary/aromatic N) is 1. The summed E-state index contributed by atoms with van der Waals surface area (Å²) in [5.74, 6) is -0.129. The average molecular weight is 264 g/mol. The Labute approximate surface area is 118 Å². The van der Waals surface area contributed by atoms with Gasteiger partial charge in [0.25, 0.3) is 5.91 Å². The van der Waals surface area contributed by atoms with E-state index in [0.717, 1.165) is 28.1 Å². The van der Waals surface area contributed by atoms with Crippen LogP contribution in [0.15, 0.2) is 41.4 Å². The van der Waals surface area contributed by atoms with Crippen LogP contribution in [0.4, 0.5) is 11.4 Å². The summed E-state index contributed by atoms with van der Waals surface area (Å²) in [7, 11) is 0. The number of fused-ring (bicyclic) bond motifs is 1. The normalized spacial score (nSPS) is 15.3. The van der Waals surface area contributed by atoms with E-state index < -0.39 is 0 Å². The van der Waals surface area contributed by atoms with E-state index in [4.69, 9.17) is 0 Å². The maximum absolute atomic E-state index is 12.1. The molecule has 0 unspecified atom stereocenters. The van der Waals surface area contributed by atoms with Gasteiger partial charge in [-0.2, -0.15) is 0 Å². The maximum Gasteiger partial charge on any atom is 0.275 e. The monoisotopic (exact) mass is 264 g/mol. The van der Waals surface area contributed by atoms with E-state index in [1.807, 2.05) is 57.2 Å². The Morgan fingerprint density at radius 3 is 2.45 bits per heavy atom. The van der Waals surface area contributed by atoms with Gasteiger partial charge in [0.1, 0.15) is 5.71 Å². The number of hydrogen-bond donors (Lipinski definition) is 1. The highest BCUT2D eigenvalue weighted by Gasteiger charge is 2.27. The van der Waals surface area contributed by atoms with Crippen LogP contribution in [-0.2, 0) is 4.79 Å². The van der Waals surface area contributed by atoms with Gasteiger partial charge in [0, 0.05) is 5.56 Å². The molecule has 0 radical (unpaired) electrons. The smallest absolute Gasteiger partial charge is 0.275 e. The Hall–Kier alpha value is -2.42. The third-order valence-corrected chi connectivity index (χ3v) is 3.79. The molecular weight excluding hydrogens is 248 g/mol. The Bertz CT molecular complexity index is 745. The molecule has 1 aliphatic heterocycles. The van der Waals surface area contributed by atoms with Gasteiger partial charge in [0.15, 0.2) is 0 Å². The number of para-hydroxylation sites is 1. The highest BCUT2D eigenvalue weighted by Crippen LogP contribution is 2.30. The minimum Gasteiger partial charge on any atom is -0.320 e. The average Bonchev–Trinajstić information content (AvgIpc) is 2.74. The van der Waals surface area contributed by atoms with Crippen molar-refractivity contribution in [3.05, 3.63) is 58.7 Å². The Morgan fingerprint density at radius 1 is 0.950 bits per heavy atom. The van der Waals surface area contributed by atoms with Gasteiger partial charge in [-0.3, -0.25) is 4.79 Å². The molecule has 3 nitrogen and oxygen atoms in total. The SMILES string of the molecule is Cc1cccc(N=C2C(=O)Nc3c(C)cccc32)c1C. The van der Waals surface area contributed by atoms with Gasteiger partial charge >= 0.3 is 0 Å². The molecule has 2 aromatic carbocycles. The first-order valence-corrected chi connectivity index (χ1v) is 6.64. The number of carbonyl (C=O) groups excluding carboxylic acids is 1. The van der Waals surface area contributed by atoms with Gasteiger partial charge < -0.3 is 5.32 Å². The fourth-order valence-corrected chi connectivity index (χ4v) is 2.41. The summed E-state index contributed by atoms with van der Waals surface area (Å²) in [6.45, 7) is 6.06. The fraction of sp³-hybridized carbons (Fsp3) is 0.176. The van der Waals surface area contributed by atoms with E-state index in [1.54, 1.807) is 0 Å². The molecule has 0 fully saturated rings. The lowest BCUT2D eigenvalue weighted by atomic mass is 10.1. The van der Waals surface area contributed by atoms with E-state index in [-0.39, 0.29) is 5.91 Å². The summed E-state index contributed by atoms with van der Waals surface area (Å²) in [4.78, 5) is 16.7. The van der Waals surface area contributed by atoms with Crippen molar-refractivity contribution in [2.75, 3.05) is 5.32 Å². The zero-order valence-electron chi connectivity index (χ0n) is 11.8. The summed E-state index contributed by atoms with van der Waals surface area (Å²) in [6.07, 6.45) is 0. The second-order valence-corrected chi connectivity index (χ2v) is 5.13. The highest BCUT2D eigenvalue weighted by molar-refractivity contribution is 6.54. The van der Waals surface area contributed by atoms with Crippen LogP contribution in [-0.4, -0.2) is 11.6 Å². The van der Waals surface area contributed by atoms with Crippen LogP contribution in [0, 0.1) is 20.8 Å². The molecule has 3 rings (SSSR count). The molecule has 0 spiro atoms. The number of carbonyl (C=O) groups is 1. The summed E-state index contributed by atoms with van der Waals surface area (Å²) < 4.78 is 0. The number of anilines is 1. The fourth-order valence-electron chi connectivity index (χ4n) is 2.41. The topological polar surface area (TPSA) is 41.5 Å². The molecule has 100 valence electrons. The van der Waals surface area contributed by atoms with E-state index >= 15 is 0 Å². The second kappa shape index (κ2) is 4.60. The Morgan fingerprint density at radius 2 is 1.65 bits per heavy atom. The first-order valence-electron chi connectivity index (χ1n) is 6.64. The van der Waals surface area contributed by atoms with Gasteiger partial charge in [0.05, 0.1) is 11.4 Å². The van der Waals surface area contributed by atoms with Crippen LogP contribution in [0.1, 0.15) is 22.3 Å². The first kappa shape index (κ1) is 12.6. The molecule has 1 N–H and O–H groups in total. The molecule has 0 aromatic heterocycles. The molecule has 2 aromatic rings. The molecule has 1 amide bonds. The molecule has 0 bridgehead atoms. The molecule has 20 heavy (non-hydrogen) atoms. The van der Waals surface area contributed by atoms with Crippen molar-refractivity contribution in [3.8, 4) is 0 Å². The predicted octanol–water partition coefficient (Wildman–Crippen LogP) is 3.68. The van der Waals surface area contributed by atoms with E-state index in [0.29, 0.717) is 5.71 Å². The third kappa shape index (κ3) is 1.92. The number of hydrogen-bond acceptors (Lipinski definition) is 2. The molecule has 0 atom stereocenters. The standard InChI is InChI=1S/C17H16N2O/c1-10-6-5-9-14(12(10)3)18-16-13-8-4-7-11(2)15(13)19-17(16)20/h4-9H,1-3H3,(H,18,19,20). The van der Waals surface area contributed by atoms with Crippen LogP contribution in [0.25, 0.3) is 0 Å². The molecule has 1 aliphatic rings. The number of benzene rings is 2. The molecule has 0 aliphatic carbocycles. The van der Waals surface area contributed by atoms with Gasteiger partial charge in [0.2, 0.25) is 0 Å². The molecule has 0 saturated carbocycles. The molecule has 0 saturated heterocycles. The van der Waals surface area contributed by atoms with Crippen LogP contribution in [0.3, 0.4) is 0 Å². The number of amides is 1. The Balaban J connectivity index is 2.16. The van der Waals surface area contributed by atoms with Gasteiger partial charge in [-0.15, -0.1) is 0 Å². The lowest BCUT2D eigenvalue weighted by Gasteiger charge is -2.05. The quantitative estimate of drug-likeness (QED) is 0.838. The van der Waals surface area contributed by atoms with E-state index in [9.17, 15) is 4.79 Å². The maximum atomic E-state index is 12.1. The minimum absolute atomic E-state index is 0.129. The van der Waals surface area contributed by atoms with Crippen molar-refractivity contribution in [2.24, 2.45) is 4.99 Å². The largest absolute Gasteiger partial charge is 0.320 e.